The van der Waals surface area contributed by atoms with Gasteiger partial charge in [-0.3, -0.25) is 4.90 Å². The largest absolute Gasteiger partial charge is 0.369 e. The Balaban J connectivity index is 1.21. The van der Waals surface area contributed by atoms with Crippen molar-refractivity contribution in [2.24, 2.45) is 0 Å². The standard InChI is InChI=1S/C23H27ClFN3O4S/c24-18-2-7-22-21(16-18)23(31-14-15-32-23)17-28(33(22,29)30)9-1-8-26-10-12-27(13-11-26)20-5-3-19(25)4-6-20/h2-7,16H,1,8-15,17H2. The molecule has 7 nitrogen and oxygen atoms in total. The number of hydrogen-bond donors (Lipinski definition) is 0. The molecule has 2 aromatic rings. The van der Waals surface area contributed by atoms with Crippen LogP contribution in [0, 0.1) is 5.82 Å². The van der Waals surface area contributed by atoms with Gasteiger partial charge in [-0.15, -0.1) is 0 Å². The molecule has 0 unspecified atom stereocenters. The van der Waals surface area contributed by atoms with Crippen LogP contribution in [-0.2, 0) is 25.3 Å². The monoisotopic (exact) mass is 495 g/mol. The average molecular weight is 496 g/mol. The van der Waals surface area contributed by atoms with Gasteiger partial charge in [-0.25, -0.2) is 12.8 Å². The first-order chi connectivity index (χ1) is 15.9. The number of nitrogens with zero attached hydrogens (tertiary/aromatic N) is 3. The maximum atomic E-state index is 13.3. The highest BCUT2D eigenvalue weighted by Crippen LogP contribution is 2.43. The van der Waals surface area contributed by atoms with Crippen LogP contribution in [0.15, 0.2) is 47.4 Å². The zero-order valence-electron chi connectivity index (χ0n) is 18.3. The van der Waals surface area contributed by atoms with Gasteiger partial charge in [-0.05, 0) is 55.4 Å². The second kappa shape index (κ2) is 9.13. The van der Waals surface area contributed by atoms with Crippen molar-refractivity contribution in [1.29, 1.82) is 0 Å². The van der Waals surface area contributed by atoms with E-state index in [4.69, 9.17) is 21.1 Å². The second-order valence-electron chi connectivity index (χ2n) is 8.59. The fourth-order valence-electron chi connectivity index (χ4n) is 4.82. The molecule has 2 fully saturated rings. The van der Waals surface area contributed by atoms with E-state index >= 15 is 0 Å². The normalized spacial score (nSPS) is 22.5. The summed E-state index contributed by atoms with van der Waals surface area (Å²) in [5, 5.41) is 0.454. The van der Waals surface area contributed by atoms with Gasteiger partial charge in [-0.1, -0.05) is 11.6 Å². The van der Waals surface area contributed by atoms with Crippen molar-refractivity contribution in [2.75, 3.05) is 63.9 Å². The van der Waals surface area contributed by atoms with Crippen LogP contribution < -0.4 is 4.90 Å². The predicted molar refractivity (Wildman–Crippen MR) is 123 cm³/mol. The van der Waals surface area contributed by atoms with Gasteiger partial charge in [0.25, 0.3) is 0 Å². The maximum Gasteiger partial charge on any atom is 0.243 e. The number of fused-ring (bicyclic) bond motifs is 2. The fraction of sp³-hybridized carbons (Fsp3) is 0.478. The fourth-order valence-corrected chi connectivity index (χ4v) is 6.71. The van der Waals surface area contributed by atoms with Gasteiger partial charge >= 0.3 is 0 Å². The Bertz CT molecular complexity index is 1100. The van der Waals surface area contributed by atoms with Gasteiger partial charge in [0.05, 0.1) is 24.7 Å². The van der Waals surface area contributed by atoms with Crippen LogP contribution in [0.5, 0.6) is 0 Å². The van der Waals surface area contributed by atoms with Gasteiger partial charge < -0.3 is 14.4 Å². The summed E-state index contributed by atoms with van der Waals surface area (Å²) >= 11 is 6.15. The minimum atomic E-state index is -3.66. The third kappa shape index (κ3) is 4.50. The lowest BCUT2D eigenvalue weighted by molar-refractivity contribution is -0.176. The van der Waals surface area contributed by atoms with E-state index in [2.05, 4.69) is 9.80 Å². The molecular weight excluding hydrogens is 469 g/mol. The van der Waals surface area contributed by atoms with Crippen LogP contribution >= 0.6 is 11.6 Å². The molecule has 0 saturated carbocycles. The van der Waals surface area contributed by atoms with E-state index in [0.29, 0.717) is 36.8 Å². The number of halogens is 2. The number of benzene rings is 2. The summed E-state index contributed by atoms with van der Waals surface area (Å²) < 4.78 is 53.0. The lowest BCUT2D eigenvalue weighted by Crippen LogP contribution is -2.51. The molecule has 0 aromatic heterocycles. The highest BCUT2D eigenvalue weighted by atomic mass is 35.5. The Kier molecular flexibility index (Phi) is 6.37. The van der Waals surface area contributed by atoms with Crippen molar-refractivity contribution in [1.82, 2.24) is 9.21 Å². The number of hydrogen-bond acceptors (Lipinski definition) is 6. The molecule has 3 aliphatic rings. The van der Waals surface area contributed by atoms with Gasteiger partial charge in [-0.2, -0.15) is 4.31 Å². The van der Waals surface area contributed by atoms with Crippen LogP contribution in [0.2, 0.25) is 5.02 Å². The van der Waals surface area contributed by atoms with Crippen LogP contribution in [0.4, 0.5) is 10.1 Å². The first-order valence-electron chi connectivity index (χ1n) is 11.2. The summed E-state index contributed by atoms with van der Waals surface area (Å²) in [6.45, 7) is 5.60. The van der Waals surface area contributed by atoms with E-state index in [0.717, 1.165) is 38.4 Å². The lowest BCUT2D eigenvalue weighted by Gasteiger charge is -2.40. The molecule has 178 valence electrons. The third-order valence-corrected chi connectivity index (χ3v) is 8.69. The van der Waals surface area contributed by atoms with E-state index in [1.165, 1.54) is 16.4 Å². The van der Waals surface area contributed by atoms with Crippen molar-refractivity contribution in [3.05, 3.63) is 58.9 Å². The van der Waals surface area contributed by atoms with Crippen LogP contribution in [0.25, 0.3) is 0 Å². The maximum absolute atomic E-state index is 13.3. The number of anilines is 1. The zero-order valence-corrected chi connectivity index (χ0v) is 19.8. The molecule has 2 aromatic carbocycles. The van der Waals surface area contributed by atoms with E-state index in [1.807, 2.05) is 0 Å². The quantitative estimate of drug-likeness (QED) is 0.635. The molecular formula is C23H27ClFN3O4S. The Morgan fingerprint density at radius 1 is 0.970 bits per heavy atom. The van der Waals surface area contributed by atoms with E-state index in [1.54, 1.807) is 30.3 Å². The van der Waals surface area contributed by atoms with Crippen molar-refractivity contribution in [3.63, 3.8) is 0 Å². The summed E-state index contributed by atoms with van der Waals surface area (Å²) in [6, 6.07) is 11.3. The minimum absolute atomic E-state index is 0.126. The first-order valence-corrected chi connectivity index (χ1v) is 13.0. The van der Waals surface area contributed by atoms with Gasteiger partial charge in [0, 0.05) is 49.0 Å². The highest BCUT2D eigenvalue weighted by Gasteiger charge is 2.50. The van der Waals surface area contributed by atoms with Gasteiger partial charge in [0.2, 0.25) is 15.8 Å². The zero-order chi connectivity index (χ0) is 23.1. The molecule has 1 spiro atoms. The van der Waals surface area contributed by atoms with E-state index in [9.17, 15) is 12.8 Å². The lowest BCUT2D eigenvalue weighted by atomic mass is 10.1. The minimum Gasteiger partial charge on any atom is -0.369 e. The SMILES string of the molecule is O=S1(=O)c2ccc(Cl)cc2C2(CN1CCCN1CCN(c3ccc(F)cc3)CC1)OCCO2. The van der Waals surface area contributed by atoms with Crippen molar-refractivity contribution >= 4 is 27.3 Å². The number of sulfonamides is 1. The third-order valence-electron chi connectivity index (χ3n) is 6.55. The topological polar surface area (TPSA) is 62.3 Å². The molecule has 0 radical (unpaired) electrons. The number of ether oxygens (including phenoxy) is 2. The summed E-state index contributed by atoms with van der Waals surface area (Å²) in [6.07, 6.45) is 0.703. The molecule has 33 heavy (non-hydrogen) atoms. The number of piperazine rings is 1. The van der Waals surface area contributed by atoms with Crippen LogP contribution in [0.3, 0.4) is 0 Å². The van der Waals surface area contributed by atoms with E-state index in [-0.39, 0.29) is 17.3 Å². The molecule has 0 bridgehead atoms. The summed E-state index contributed by atoms with van der Waals surface area (Å²) in [5.74, 6) is -1.32. The van der Waals surface area contributed by atoms with E-state index < -0.39 is 15.8 Å². The molecule has 0 N–H and O–H groups in total. The van der Waals surface area contributed by atoms with Crippen molar-refractivity contribution in [3.8, 4) is 0 Å². The molecule has 3 aliphatic heterocycles. The Hall–Kier alpha value is -1.75. The smallest absolute Gasteiger partial charge is 0.243 e. The number of rotatable bonds is 5. The van der Waals surface area contributed by atoms with Crippen molar-refractivity contribution < 1.29 is 22.3 Å². The Morgan fingerprint density at radius 2 is 1.67 bits per heavy atom. The first kappa shape index (κ1) is 23.0. The van der Waals surface area contributed by atoms with Crippen molar-refractivity contribution in [2.45, 2.75) is 17.1 Å². The molecule has 0 atom stereocenters. The molecule has 10 heteroatoms. The highest BCUT2D eigenvalue weighted by molar-refractivity contribution is 7.89. The molecule has 2 saturated heterocycles. The molecule has 0 amide bonds. The second-order valence-corrected chi connectivity index (χ2v) is 10.9. The van der Waals surface area contributed by atoms with Gasteiger partial charge in [0.1, 0.15) is 5.82 Å². The summed E-state index contributed by atoms with van der Waals surface area (Å²) in [4.78, 5) is 4.78. The molecule has 5 rings (SSSR count). The Labute approximate surface area is 198 Å². The Morgan fingerprint density at radius 3 is 2.36 bits per heavy atom. The van der Waals surface area contributed by atoms with Crippen LogP contribution in [-0.4, -0.2) is 76.6 Å². The van der Waals surface area contributed by atoms with Crippen LogP contribution in [0.1, 0.15) is 12.0 Å². The predicted octanol–water partition coefficient (Wildman–Crippen LogP) is 2.90. The summed E-state index contributed by atoms with van der Waals surface area (Å²) in [5.41, 5.74) is 1.51. The summed E-state index contributed by atoms with van der Waals surface area (Å²) in [7, 11) is -3.66. The molecule has 3 heterocycles. The molecule has 0 aliphatic carbocycles. The van der Waals surface area contributed by atoms with Gasteiger partial charge in [0.15, 0.2) is 0 Å². The average Bonchev–Trinajstić information content (AvgIpc) is 3.28.